The Bertz CT molecular complexity index is 550. The molecule has 0 atom stereocenters. The highest BCUT2D eigenvalue weighted by Gasteiger charge is 2.09. The number of aryl methyl sites for hydroxylation is 1. The van der Waals surface area contributed by atoms with Crippen LogP contribution in [0.2, 0.25) is 10.0 Å². The number of benzene rings is 1. The zero-order valence-electron chi connectivity index (χ0n) is 9.78. The summed E-state index contributed by atoms with van der Waals surface area (Å²) < 4.78 is 5.58. The first-order valence-electron chi connectivity index (χ1n) is 5.36. The Kier molecular flexibility index (Phi) is 3.94. The second-order valence-corrected chi connectivity index (χ2v) is 4.69. The Morgan fingerprint density at radius 3 is 2.50 bits per heavy atom. The number of hydrogen-bond acceptors (Lipinski definition) is 3. The van der Waals surface area contributed by atoms with E-state index < -0.39 is 0 Å². The second-order valence-electron chi connectivity index (χ2n) is 3.87. The highest BCUT2D eigenvalue weighted by atomic mass is 35.5. The third-order valence-corrected chi connectivity index (χ3v) is 2.89. The van der Waals surface area contributed by atoms with Gasteiger partial charge < -0.3 is 10.5 Å². The van der Waals surface area contributed by atoms with E-state index in [1.807, 2.05) is 25.1 Å². The summed E-state index contributed by atoms with van der Waals surface area (Å²) in [5, 5.41) is 0.792. The molecule has 94 valence electrons. The highest BCUT2D eigenvalue weighted by molar-refractivity contribution is 6.37. The van der Waals surface area contributed by atoms with Gasteiger partial charge in [0.1, 0.15) is 6.61 Å². The molecule has 0 aliphatic carbocycles. The number of ether oxygens (including phenoxy) is 1. The van der Waals surface area contributed by atoms with E-state index in [-0.39, 0.29) is 0 Å². The Hall–Kier alpha value is -1.45. The van der Waals surface area contributed by atoms with Crippen molar-refractivity contribution in [2.24, 2.45) is 0 Å². The van der Waals surface area contributed by atoms with Crippen LogP contribution in [0.1, 0.15) is 11.4 Å². The molecule has 0 aliphatic heterocycles. The number of anilines is 1. The number of aromatic nitrogens is 1. The molecule has 0 spiro atoms. The molecule has 0 saturated heterocycles. The first-order chi connectivity index (χ1) is 8.56. The minimum absolute atomic E-state index is 0.311. The average molecular weight is 283 g/mol. The van der Waals surface area contributed by atoms with Gasteiger partial charge in [-0.1, -0.05) is 29.3 Å². The first-order valence-corrected chi connectivity index (χ1v) is 6.11. The van der Waals surface area contributed by atoms with Gasteiger partial charge in [0.15, 0.2) is 5.75 Å². The molecule has 2 N–H and O–H groups in total. The number of pyridine rings is 1. The van der Waals surface area contributed by atoms with Gasteiger partial charge in [0.05, 0.1) is 15.7 Å². The summed E-state index contributed by atoms with van der Waals surface area (Å²) in [6.07, 6.45) is 0. The lowest BCUT2D eigenvalue weighted by atomic mass is 10.3. The van der Waals surface area contributed by atoms with E-state index >= 15 is 0 Å². The predicted molar refractivity (Wildman–Crippen MR) is 74.2 cm³/mol. The molecule has 1 aromatic carbocycles. The molecule has 0 unspecified atom stereocenters. The minimum atomic E-state index is 0.311. The topological polar surface area (TPSA) is 48.1 Å². The standard InChI is InChI=1S/C13H12Cl2N2O/c1-8-3-2-4-10(17-8)7-18-13-11(14)5-9(16)6-12(13)15/h2-6H,7,16H2,1H3. The van der Waals surface area contributed by atoms with Gasteiger partial charge >= 0.3 is 0 Å². The molecular formula is C13H12Cl2N2O. The van der Waals surface area contributed by atoms with Crippen LogP contribution in [-0.2, 0) is 6.61 Å². The van der Waals surface area contributed by atoms with Crippen LogP contribution in [0.4, 0.5) is 5.69 Å². The van der Waals surface area contributed by atoms with Gasteiger partial charge in [-0.15, -0.1) is 0 Å². The lowest BCUT2D eigenvalue weighted by Gasteiger charge is -2.10. The maximum absolute atomic E-state index is 6.02. The van der Waals surface area contributed by atoms with Crippen molar-refractivity contribution < 1.29 is 4.74 Å². The number of nitrogen functional groups attached to an aromatic ring is 1. The first kappa shape index (κ1) is 13.0. The summed E-state index contributed by atoms with van der Waals surface area (Å²) in [6.45, 7) is 2.23. The van der Waals surface area contributed by atoms with Crippen LogP contribution < -0.4 is 10.5 Å². The molecule has 2 rings (SSSR count). The van der Waals surface area contributed by atoms with Crippen molar-refractivity contribution in [1.82, 2.24) is 4.98 Å². The van der Waals surface area contributed by atoms with E-state index in [1.165, 1.54) is 0 Å². The van der Waals surface area contributed by atoms with Crippen LogP contribution >= 0.6 is 23.2 Å². The van der Waals surface area contributed by atoms with Crippen LogP contribution in [0.3, 0.4) is 0 Å². The molecule has 5 heteroatoms. The number of nitrogens with zero attached hydrogens (tertiary/aromatic N) is 1. The van der Waals surface area contributed by atoms with Gasteiger partial charge in [-0.3, -0.25) is 4.98 Å². The van der Waals surface area contributed by atoms with E-state index in [2.05, 4.69) is 4.98 Å². The Balaban J connectivity index is 2.16. The molecule has 1 heterocycles. The van der Waals surface area contributed by atoms with E-state index in [4.69, 9.17) is 33.7 Å². The highest BCUT2D eigenvalue weighted by Crippen LogP contribution is 2.35. The fourth-order valence-electron chi connectivity index (χ4n) is 1.54. The van der Waals surface area contributed by atoms with Crippen molar-refractivity contribution in [1.29, 1.82) is 0 Å². The zero-order valence-corrected chi connectivity index (χ0v) is 11.3. The summed E-state index contributed by atoms with van der Waals surface area (Å²) >= 11 is 12.0. The van der Waals surface area contributed by atoms with Gasteiger partial charge in [-0.25, -0.2) is 0 Å². The van der Waals surface area contributed by atoms with Crippen LogP contribution in [-0.4, -0.2) is 4.98 Å². The van der Waals surface area contributed by atoms with E-state index in [9.17, 15) is 0 Å². The maximum Gasteiger partial charge on any atom is 0.157 e. The molecule has 0 amide bonds. The van der Waals surface area contributed by atoms with E-state index in [0.717, 1.165) is 11.4 Å². The fourth-order valence-corrected chi connectivity index (χ4v) is 2.16. The van der Waals surface area contributed by atoms with Crippen LogP contribution in [0.5, 0.6) is 5.75 Å². The predicted octanol–water partition coefficient (Wildman–Crippen LogP) is 3.86. The van der Waals surface area contributed by atoms with Gasteiger partial charge in [-0.2, -0.15) is 0 Å². The molecule has 3 nitrogen and oxygen atoms in total. The Labute approximate surface area is 115 Å². The van der Waals surface area contributed by atoms with Gasteiger partial charge in [0.25, 0.3) is 0 Å². The van der Waals surface area contributed by atoms with Crippen molar-refractivity contribution in [3.8, 4) is 5.75 Å². The van der Waals surface area contributed by atoms with Crippen molar-refractivity contribution in [3.05, 3.63) is 51.8 Å². The third-order valence-electron chi connectivity index (χ3n) is 2.33. The largest absolute Gasteiger partial charge is 0.484 e. The normalized spacial score (nSPS) is 10.4. The maximum atomic E-state index is 6.02. The van der Waals surface area contributed by atoms with Gasteiger partial charge in [-0.05, 0) is 31.2 Å². The average Bonchev–Trinajstić information content (AvgIpc) is 2.27. The van der Waals surface area contributed by atoms with Gasteiger partial charge in [0.2, 0.25) is 0 Å². The van der Waals surface area contributed by atoms with Crippen molar-refractivity contribution >= 4 is 28.9 Å². The fraction of sp³-hybridized carbons (Fsp3) is 0.154. The number of nitrogens with two attached hydrogens (primary N) is 1. The van der Waals surface area contributed by atoms with E-state index in [1.54, 1.807) is 12.1 Å². The lowest BCUT2D eigenvalue weighted by molar-refractivity contribution is 0.301. The zero-order chi connectivity index (χ0) is 13.1. The second kappa shape index (κ2) is 5.46. The summed E-state index contributed by atoms with van der Waals surface area (Å²) in [5.41, 5.74) is 7.88. The Morgan fingerprint density at radius 1 is 1.22 bits per heavy atom. The van der Waals surface area contributed by atoms with Crippen LogP contribution in [0.15, 0.2) is 30.3 Å². The molecular weight excluding hydrogens is 271 g/mol. The SMILES string of the molecule is Cc1cccc(COc2c(Cl)cc(N)cc2Cl)n1. The smallest absolute Gasteiger partial charge is 0.157 e. The summed E-state index contributed by atoms with van der Waals surface area (Å²) in [5.74, 6) is 0.427. The molecule has 1 aromatic heterocycles. The molecule has 18 heavy (non-hydrogen) atoms. The van der Waals surface area contributed by atoms with Crippen LogP contribution in [0, 0.1) is 6.92 Å². The summed E-state index contributed by atoms with van der Waals surface area (Å²) in [4.78, 5) is 4.33. The van der Waals surface area contributed by atoms with E-state index in [0.29, 0.717) is 28.1 Å². The Morgan fingerprint density at radius 2 is 1.89 bits per heavy atom. The van der Waals surface area contributed by atoms with Crippen molar-refractivity contribution in [3.63, 3.8) is 0 Å². The molecule has 2 aromatic rings. The van der Waals surface area contributed by atoms with Crippen LogP contribution in [0.25, 0.3) is 0 Å². The van der Waals surface area contributed by atoms with Crippen molar-refractivity contribution in [2.45, 2.75) is 13.5 Å². The number of halogens is 2. The monoisotopic (exact) mass is 282 g/mol. The third kappa shape index (κ3) is 3.06. The number of hydrogen-bond donors (Lipinski definition) is 1. The molecule has 0 fully saturated rings. The lowest BCUT2D eigenvalue weighted by Crippen LogP contribution is -2.00. The molecule has 0 radical (unpaired) electrons. The summed E-state index contributed by atoms with van der Waals surface area (Å²) in [7, 11) is 0. The quantitative estimate of drug-likeness (QED) is 0.870. The molecule has 0 aliphatic rings. The number of rotatable bonds is 3. The van der Waals surface area contributed by atoms with Crippen molar-refractivity contribution in [2.75, 3.05) is 5.73 Å². The van der Waals surface area contributed by atoms with Gasteiger partial charge in [0, 0.05) is 11.4 Å². The summed E-state index contributed by atoms with van der Waals surface area (Å²) in [6, 6.07) is 8.94. The molecule has 0 bridgehead atoms. The molecule has 0 saturated carbocycles. The minimum Gasteiger partial charge on any atom is -0.484 e.